The summed E-state index contributed by atoms with van der Waals surface area (Å²) in [5.41, 5.74) is 7.37. The number of benzene rings is 1. The molecule has 0 heterocycles. The normalized spacial score (nSPS) is 15.0. The van der Waals surface area contributed by atoms with Gasteiger partial charge in [0.15, 0.2) is 0 Å². The van der Waals surface area contributed by atoms with Gasteiger partial charge in [0.05, 0.1) is 0 Å². The van der Waals surface area contributed by atoms with E-state index in [1.165, 1.54) is 12.0 Å². The van der Waals surface area contributed by atoms with E-state index in [2.05, 4.69) is 51.8 Å². The summed E-state index contributed by atoms with van der Waals surface area (Å²) in [6, 6.07) is 6.30. The summed E-state index contributed by atoms with van der Waals surface area (Å²) in [6.45, 7) is 4.45. The van der Waals surface area contributed by atoms with Crippen LogP contribution >= 0.6 is 31.9 Å². The molecule has 0 aliphatic heterocycles. The van der Waals surface area contributed by atoms with Crippen molar-refractivity contribution in [2.45, 2.75) is 32.7 Å². The molecule has 1 nitrogen and oxygen atoms in total. The molecular formula is C12H17Br2N. The number of halogens is 2. The molecule has 3 heteroatoms. The molecule has 84 valence electrons. The maximum Gasteiger partial charge on any atom is 0.0308 e. The minimum Gasteiger partial charge on any atom is -0.324 e. The first-order valence-electron chi connectivity index (χ1n) is 5.25. The first-order valence-corrected chi connectivity index (χ1v) is 6.83. The second-order valence-electron chi connectivity index (χ2n) is 4.02. The van der Waals surface area contributed by atoms with Crippen molar-refractivity contribution in [3.8, 4) is 0 Å². The largest absolute Gasteiger partial charge is 0.324 e. The van der Waals surface area contributed by atoms with Crippen molar-refractivity contribution in [2.24, 2.45) is 11.7 Å². The molecule has 1 aromatic rings. The lowest BCUT2D eigenvalue weighted by Gasteiger charge is -2.17. The summed E-state index contributed by atoms with van der Waals surface area (Å²) in [6.07, 6.45) is 2.22. The van der Waals surface area contributed by atoms with Crippen LogP contribution in [0.4, 0.5) is 0 Å². The van der Waals surface area contributed by atoms with Crippen LogP contribution < -0.4 is 5.73 Å². The Morgan fingerprint density at radius 3 is 2.53 bits per heavy atom. The molecule has 0 aliphatic carbocycles. The van der Waals surface area contributed by atoms with E-state index in [-0.39, 0.29) is 6.04 Å². The monoisotopic (exact) mass is 333 g/mol. The Bertz CT molecular complexity index is 325. The Kier molecular flexibility index (Phi) is 5.30. The van der Waals surface area contributed by atoms with Gasteiger partial charge in [0.25, 0.3) is 0 Å². The molecule has 0 amide bonds. The summed E-state index contributed by atoms with van der Waals surface area (Å²) in [7, 11) is 0. The van der Waals surface area contributed by atoms with Crippen molar-refractivity contribution in [2.75, 3.05) is 0 Å². The zero-order valence-electron chi connectivity index (χ0n) is 9.13. The highest BCUT2D eigenvalue weighted by Crippen LogP contribution is 2.29. The van der Waals surface area contributed by atoms with Crippen LogP contribution in [0.1, 0.15) is 38.3 Å². The van der Waals surface area contributed by atoms with Gasteiger partial charge in [-0.1, -0.05) is 58.2 Å². The molecule has 15 heavy (non-hydrogen) atoms. The van der Waals surface area contributed by atoms with Gasteiger partial charge < -0.3 is 5.73 Å². The average Bonchev–Trinajstić information content (AvgIpc) is 2.17. The van der Waals surface area contributed by atoms with E-state index in [4.69, 9.17) is 5.73 Å². The van der Waals surface area contributed by atoms with Crippen LogP contribution in [-0.4, -0.2) is 0 Å². The highest BCUT2D eigenvalue weighted by molar-refractivity contribution is 9.11. The lowest BCUT2D eigenvalue weighted by atomic mass is 9.95. The Balaban J connectivity index is 2.77. The number of rotatable bonds is 4. The van der Waals surface area contributed by atoms with Crippen molar-refractivity contribution in [1.29, 1.82) is 0 Å². The predicted octanol–water partition coefficient (Wildman–Crippen LogP) is 4.65. The van der Waals surface area contributed by atoms with Crippen LogP contribution in [0.3, 0.4) is 0 Å². The van der Waals surface area contributed by atoms with Gasteiger partial charge in [0, 0.05) is 15.0 Å². The molecule has 1 rings (SSSR count). The molecule has 2 atom stereocenters. The Morgan fingerprint density at radius 1 is 1.33 bits per heavy atom. The second-order valence-corrected chi connectivity index (χ2v) is 5.79. The fourth-order valence-electron chi connectivity index (χ4n) is 1.53. The van der Waals surface area contributed by atoms with Crippen molar-refractivity contribution in [1.82, 2.24) is 0 Å². The van der Waals surface area contributed by atoms with Gasteiger partial charge in [-0.15, -0.1) is 0 Å². The van der Waals surface area contributed by atoms with E-state index in [1.54, 1.807) is 0 Å². The van der Waals surface area contributed by atoms with Crippen LogP contribution in [0.15, 0.2) is 27.1 Å². The van der Waals surface area contributed by atoms with Crippen molar-refractivity contribution in [3.63, 3.8) is 0 Å². The Morgan fingerprint density at radius 2 is 2.00 bits per heavy atom. The fraction of sp³-hybridized carbons (Fsp3) is 0.500. The van der Waals surface area contributed by atoms with Gasteiger partial charge in [-0.2, -0.15) is 0 Å². The Labute approximate surface area is 109 Å². The molecule has 0 bridgehead atoms. The quantitative estimate of drug-likeness (QED) is 0.852. The van der Waals surface area contributed by atoms with Crippen molar-refractivity contribution in [3.05, 3.63) is 32.7 Å². The van der Waals surface area contributed by atoms with E-state index >= 15 is 0 Å². The molecule has 0 aliphatic rings. The molecule has 0 fully saturated rings. The molecule has 2 N–H and O–H groups in total. The lowest BCUT2D eigenvalue weighted by Crippen LogP contribution is -2.14. The van der Waals surface area contributed by atoms with Crippen LogP contribution in [0.2, 0.25) is 0 Å². The first-order chi connectivity index (χ1) is 7.04. The number of hydrogen-bond donors (Lipinski definition) is 1. The topological polar surface area (TPSA) is 26.0 Å². The standard InChI is InChI=1S/C12H17Br2N/c1-3-8(2)6-12(15)10-5-4-9(13)7-11(10)14/h4-5,7-8,12H,3,6,15H2,1-2H3. The smallest absolute Gasteiger partial charge is 0.0308 e. The lowest BCUT2D eigenvalue weighted by molar-refractivity contribution is 0.460. The summed E-state index contributed by atoms with van der Waals surface area (Å²) in [5, 5.41) is 0. The molecule has 2 unspecified atom stereocenters. The molecular weight excluding hydrogens is 318 g/mol. The summed E-state index contributed by atoms with van der Waals surface area (Å²) in [4.78, 5) is 0. The SMILES string of the molecule is CCC(C)CC(N)c1ccc(Br)cc1Br. The summed E-state index contributed by atoms with van der Waals surface area (Å²) in [5.74, 6) is 0.676. The van der Waals surface area contributed by atoms with E-state index in [9.17, 15) is 0 Å². The van der Waals surface area contributed by atoms with Crippen molar-refractivity contribution < 1.29 is 0 Å². The third-order valence-electron chi connectivity index (χ3n) is 2.72. The molecule has 0 saturated heterocycles. The first kappa shape index (κ1) is 13.2. The molecule has 0 aromatic heterocycles. The zero-order chi connectivity index (χ0) is 11.4. The predicted molar refractivity (Wildman–Crippen MR) is 72.8 cm³/mol. The van der Waals surface area contributed by atoms with E-state index < -0.39 is 0 Å². The molecule has 0 spiro atoms. The maximum atomic E-state index is 6.18. The van der Waals surface area contributed by atoms with Gasteiger partial charge in [0.2, 0.25) is 0 Å². The highest BCUT2D eigenvalue weighted by atomic mass is 79.9. The van der Waals surface area contributed by atoms with E-state index in [1.807, 2.05) is 12.1 Å². The van der Waals surface area contributed by atoms with Gasteiger partial charge in [-0.25, -0.2) is 0 Å². The van der Waals surface area contributed by atoms with Gasteiger partial charge in [-0.05, 0) is 30.0 Å². The van der Waals surface area contributed by atoms with Gasteiger partial charge in [0.1, 0.15) is 0 Å². The third kappa shape index (κ3) is 3.89. The second kappa shape index (κ2) is 6.02. The van der Waals surface area contributed by atoms with Crippen LogP contribution in [-0.2, 0) is 0 Å². The number of nitrogens with two attached hydrogens (primary N) is 1. The third-order valence-corrected chi connectivity index (χ3v) is 3.90. The minimum absolute atomic E-state index is 0.127. The van der Waals surface area contributed by atoms with Gasteiger partial charge in [-0.3, -0.25) is 0 Å². The molecule has 0 radical (unpaired) electrons. The maximum absolute atomic E-state index is 6.18. The van der Waals surface area contributed by atoms with Crippen molar-refractivity contribution >= 4 is 31.9 Å². The van der Waals surface area contributed by atoms with Crippen LogP contribution in [0.25, 0.3) is 0 Å². The zero-order valence-corrected chi connectivity index (χ0v) is 12.3. The van der Waals surface area contributed by atoms with Crippen LogP contribution in [0.5, 0.6) is 0 Å². The molecule has 0 saturated carbocycles. The van der Waals surface area contributed by atoms with E-state index in [0.29, 0.717) is 5.92 Å². The molecule has 1 aromatic carbocycles. The van der Waals surface area contributed by atoms with Gasteiger partial charge >= 0.3 is 0 Å². The Hall–Kier alpha value is 0.140. The fourth-order valence-corrected chi connectivity index (χ4v) is 2.87. The van der Waals surface area contributed by atoms with E-state index in [0.717, 1.165) is 15.4 Å². The average molecular weight is 335 g/mol. The minimum atomic E-state index is 0.127. The highest BCUT2D eigenvalue weighted by Gasteiger charge is 2.12. The number of hydrogen-bond acceptors (Lipinski definition) is 1. The summed E-state index contributed by atoms with van der Waals surface area (Å²) < 4.78 is 2.17. The summed E-state index contributed by atoms with van der Waals surface area (Å²) >= 11 is 6.99. The van der Waals surface area contributed by atoms with Crippen LogP contribution in [0, 0.1) is 5.92 Å².